The predicted molar refractivity (Wildman–Crippen MR) is 108 cm³/mol. The molecule has 3 heteroatoms. The summed E-state index contributed by atoms with van der Waals surface area (Å²) in [5, 5.41) is 6.59. The Bertz CT molecular complexity index is 1170. The van der Waals surface area contributed by atoms with E-state index in [0.717, 1.165) is 16.9 Å². The first kappa shape index (κ1) is 15.1. The molecule has 0 aliphatic heterocycles. The van der Waals surface area contributed by atoms with E-state index in [1.165, 1.54) is 26.1 Å². The van der Waals surface area contributed by atoms with Crippen LogP contribution >= 0.6 is 11.3 Å². The van der Waals surface area contributed by atoms with Crippen LogP contribution in [0.15, 0.2) is 95.6 Å². The van der Waals surface area contributed by atoms with E-state index in [9.17, 15) is 0 Å². The van der Waals surface area contributed by atoms with E-state index in [1.54, 1.807) is 11.3 Å². The Hall–Kier alpha value is -3.17. The van der Waals surface area contributed by atoms with Gasteiger partial charge in [-0.25, -0.2) is 0 Å². The zero-order valence-electron chi connectivity index (χ0n) is 13.9. The number of rotatable bonds is 3. The van der Waals surface area contributed by atoms with Crippen LogP contribution in [0.1, 0.15) is 0 Å². The van der Waals surface area contributed by atoms with Gasteiger partial charge in [0, 0.05) is 26.1 Å². The molecule has 2 aromatic heterocycles. The van der Waals surface area contributed by atoms with Crippen molar-refractivity contribution in [2.24, 2.45) is 0 Å². The van der Waals surface area contributed by atoms with Crippen LogP contribution in [0.3, 0.4) is 0 Å². The molecular formula is C23H15NOS. The Morgan fingerprint density at radius 3 is 1.88 bits per heavy atom. The summed E-state index contributed by atoms with van der Waals surface area (Å²) in [5.41, 5.74) is 3.32. The minimum atomic E-state index is 0.817. The average Bonchev–Trinajstić information content (AvgIpc) is 3.34. The lowest BCUT2D eigenvalue weighted by Crippen LogP contribution is -1.77. The monoisotopic (exact) mass is 353 g/mol. The lowest BCUT2D eigenvalue weighted by molar-refractivity contribution is 0.432. The molecule has 5 rings (SSSR count). The van der Waals surface area contributed by atoms with E-state index in [0.29, 0.717) is 0 Å². The number of hydrogen-bond acceptors (Lipinski definition) is 3. The second kappa shape index (κ2) is 6.28. The van der Waals surface area contributed by atoms with Crippen molar-refractivity contribution >= 4 is 22.1 Å². The van der Waals surface area contributed by atoms with Gasteiger partial charge in [-0.3, -0.25) is 0 Å². The number of hydrogen-bond donors (Lipinski definition) is 0. The minimum absolute atomic E-state index is 0.817. The smallest absolute Gasteiger partial charge is 0.175 e. The van der Waals surface area contributed by atoms with Crippen LogP contribution in [0, 0.1) is 0 Å². The van der Waals surface area contributed by atoms with Crippen LogP contribution in [-0.2, 0) is 0 Å². The van der Waals surface area contributed by atoms with E-state index < -0.39 is 0 Å². The summed E-state index contributed by atoms with van der Waals surface area (Å²) in [6.07, 6.45) is 1.83. The number of fused-ring (bicyclic) bond motifs is 1. The van der Waals surface area contributed by atoms with Gasteiger partial charge in [-0.2, -0.15) is 0 Å². The van der Waals surface area contributed by atoms with Gasteiger partial charge in [0.2, 0.25) is 0 Å². The van der Waals surface area contributed by atoms with Gasteiger partial charge in [0.05, 0.1) is 11.8 Å². The van der Waals surface area contributed by atoms with Crippen LogP contribution in [0.25, 0.3) is 43.0 Å². The molecule has 0 N–H and O–H groups in total. The van der Waals surface area contributed by atoms with E-state index in [4.69, 9.17) is 4.52 Å². The van der Waals surface area contributed by atoms with Crippen LogP contribution in [0.4, 0.5) is 0 Å². The maximum absolute atomic E-state index is 5.63. The van der Waals surface area contributed by atoms with Crippen molar-refractivity contribution in [3.63, 3.8) is 0 Å². The van der Waals surface area contributed by atoms with Gasteiger partial charge in [-0.15, -0.1) is 11.3 Å². The van der Waals surface area contributed by atoms with Crippen LogP contribution in [0.2, 0.25) is 0 Å². The van der Waals surface area contributed by atoms with Crippen molar-refractivity contribution in [1.29, 1.82) is 0 Å². The Morgan fingerprint density at radius 1 is 0.615 bits per heavy atom. The summed E-state index contributed by atoms with van der Waals surface area (Å²) in [4.78, 5) is 2.47. The quantitative estimate of drug-likeness (QED) is 0.353. The highest BCUT2D eigenvalue weighted by Gasteiger charge is 2.19. The molecule has 26 heavy (non-hydrogen) atoms. The van der Waals surface area contributed by atoms with Crippen molar-refractivity contribution in [3.8, 4) is 32.2 Å². The van der Waals surface area contributed by atoms with Gasteiger partial charge in [-0.05, 0) is 5.56 Å². The van der Waals surface area contributed by atoms with E-state index in [-0.39, 0.29) is 0 Å². The molecule has 0 aliphatic rings. The Labute approximate surface area is 155 Å². The summed E-state index contributed by atoms with van der Waals surface area (Å²) >= 11 is 1.79. The van der Waals surface area contributed by atoms with Gasteiger partial charge >= 0.3 is 0 Å². The molecule has 124 valence electrons. The lowest BCUT2D eigenvalue weighted by Gasteiger charge is -2.00. The number of aromatic nitrogens is 1. The Morgan fingerprint density at radius 2 is 1.19 bits per heavy atom. The normalized spacial score (nSPS) is 11.1. The maximum Gasteiger partial charge on any atom is 0.175 e. The highest BCUT2D eigenvalue weighted by molar-refractivity contribution is 7.21. The van der Waals surface area contributed by atoms with Crippen molar-refractivity contribution < 1.29 is 4.52 Å². The highest BCUT2D eigenvalue weighted by atomic mass is 32.1. The fourth-order valence-corrected chi connectivity index (χ4v) is 4.58. The molecule has 0 saturated carbocycles. The SMILES string of the molecule is c1ccc(-c2oncc2-c2sc(-c3ccccc3)c3ccccc23)cc1. The fraction of sp³-hybridized carbons (Fsp3) is 0. The summed E-state index contributed by atoms with van der Waals surface area (Å²) in [6.45, 7) is 0. The summed E-state index contributed by atoms with van der Waals surface area (Å²) in [5.74, 6) is 0.817. The van der Waals surface area contributed by atoms with Crippen molar-refractivity contribution in [3.05, 3.63) is 91.1 Å². The maximum atomic E-state index is 5.63. The molecule has 3 aromatic carbocycles. The zero-order chi connectivity index (χ0) is 17.3. The van der Waals surface area contributed by atoms with Gasteiger partial charge < -0.3 is 4.52 Å². The van der Waals surface area contributed by atoms with Crippen LogP contribution in [-0.4, -0.2) is 5.16 Å². The third-order valence-corrected chi connectivity index (χ3v) is 5.81. The molecule has 0 radical (unpaired) electrons. The van der Waals surface area contributed by atoms with Crippen LogP contribution in [0.5, 0.6) is 0 Å². The standard InChI is InChI=1S/C23H15NOS/c1-3-9-16(10-4-1)21-20(15-24-25-21)23-19-14-8-7-13-18(19)22(26-23)17-11-5-2-6-12-17/h1-15H. The molecule has 0 aliphatic carbocycles. The first-order valence-electron chi connectivity index (χ1n) is 8.49. The first-order chi connectivity index (χ1) is 12.9. The van der Waals surface area contributed by atoms with E-state index in [2.05, 4.69) is 65.8 Å². The molecule has 0 amide bonds. The average molecular weight is 353 g/mol. The van der Waals surface area contributed by atoms with Gasteiger partial charge in [-0.1, -0.05) is 90.1 Å². The second-order valence-electron chi connectivity index (χ2n) is 6.11. The molecule has 0 spiro atoms. The molecule has 0 fully saturated rings. The molecule has 0 bridgehead atoms. The number of benzene rings is 3. The number of nitrogens with zero attached hydrogens (tertiary/aromatic N) is 1. The topological polar surface area (TPSA) is 26.0 Å². The van der Waals surface area contributed by atoms with Gasteiger partial charge in [0.15, 0.2) is 5.76 Å². The van der Waals surface area contributed by atoms with Crippen molar-refractivity contribution in [2.75, 3.05) is 0 Å². The van der Waals surface area contributed by atoms with Crippen molar-refractivity contribution in [1.82, 2.24) is 5.16 Å². The Kier molecular flexibility index (Phi) is 3.65. The molecule has 0 unspecified atom stereocenters. The minimum Gasteiger partial charge on any atom is -0.356 e. The highest BCUT2D eigenvalue weighted by Crippen LogP contribution is 2.46. The molecule has 2 heterocycles. The van der Waals surface area contributed by atoms with Gasteiger partial charge in [0.1, 0.15) is 0 Å². The molecule has 5 aromatic rings. The Balaban J connectivity index is 1.76. The third kappa shape index (κ3) is 2.45. The second-order valence-corrected chi connectivity index (χ2v) is 7.13. The zero-order valence-corrected chi connectivity index (χ0v) is 14.7. The van der Waals surface area contributed by atoms with Gasteiger partial charge in [0.25, 0.3) is 0 Å². The predicted octanol–water partition coefficient (Wildman–Crippen LogP) is 6.89. The van der Waals surface area contributed by atoms with E-state index >= 15 is 0 Å². The fourth-order valence-electron chi connectivity index (χ4n) is 3.29. The van der Waals surface area contributed by atoms with Crippen LogP contribution < -0.4 is 0 Å². The summed E-state index contributed by atoms with van der Waals surface area (Å²) in [7, 11) is 0. The molecule has 0 saturated heterocycles. The largest absolute Gasteiger partial charge is 0.356 e. The third-order valence-electron chi connectivity index (χ3n) is 4.51. The molecule has 0 atom stereocenters. The van der Waals surface area contributed by atoms with Crippen molar-refractivity contribution in [2.45, 2.75) is 0 Å². The lowest BCUT2D eigenvalue weighted by atomic mass is 10.0. The summed E-state index contributed by atoms with van der Waals surface area (Å²) in [6, 6.07) is 29.2. The summed E-state index contributed by atoms with van der Waals surface area (Å²) < 4.78 is 5.63. The number of thiophene rings is 1. The molecular weight excluding hydrogens is 338 g/mol. The first-order valence-corrected chi connectivity index (χ1v) is 9.31. The van der Waals surface area contributed by atoms with E-state index in [1.807, 2.05) is 30.5 Å². The molecule has 2 nitrogen and oxygen atoms in total.